The number of aliphatic hydroxyl groups is 1. The number of rotatable bonds is 3. The molecule has 0 unspecified atom stereocenters. The zero-order chi connectivity index (χ0) is 11.5. The summed E-state index contributed by atoms with van der Waals surface area (Å²) in [5.41, 5.74) is 1.87. The molecule has 1 heterocycles. The Balaban J connectivity index is 2.63. The lowest BCUT2D eigenvalue weighted by Crippen LogP contribution is -2.17. The molecule has 0 radical (unpaired) electrons. The molecule has 0 fully saturated rings. The first kappa shape index (κ1) is 10.9. The Kier molecular flexibility index (Phi) is 3.06. The van der Waals surface area contributed by atoms with E-state index in [0.29, 0.717) is 0 Å². The number of aromatic nitrogens is 1. The van der Waals surface area contributed by atoms with Gasteiger partial charge in [0.1, 0.15) is 5.82 Å². The Hall–Kier alpha value is -1.61. The number of anilines is 1. The molecule has 0 saturated heterocycles. The zero-order valence-corrected chi connectivity index (χ0v) is 9.64. The van der Waals surface area contributed by atoms with E-state index < -0.39 is 0 Å². The molecule has 16 heavy (non-hydrogen) atoms. The number of aliphatic hydroxyl groups excluding tert-OH is 1. The molecule has 1 aromatic heterocycles. The van der Waals surface area contributed by atoms with Crippen LogP contribution in [0.2, 0.25) is 0 Å². The van der Waals surface area contributed by atoms with Gasteiger partial charge in [0.05, 0.1) is 12.1 Å². The quantitative estimate of drug-likeness (QED) is 0.854. The first-order valence-corrected chi connectivity index (χ1v) is 5.47. The average molecular weight is 216 g/mol. The predicted molar refractivity (Wildman–Crippen MR) is 66.6 cm³/mol. The van der Waals surface area contributed by atoms with Crippen LogP contribution in [0.4, 0.5) is 5.82 Å². The smallest absolute Gasteiger partial charge is 0.129 e. The second-order valence-corrected chi connectivity index (χ2v) is 3.83. The summed E-state index contributed by atoms with van der Waals surface area (Å²) in [5.74, 6) is 0.908. The predicted octanol–water partition coefficient (Wildman–Crippen LogP) is 2.18. The van der Waals surface area contributed by atoms with Crippen LogP contribution in [-0.2, 0) is 6.61 Å². The number of benzene rings is 1. The second kappa shape index (κ2) is 4.49. The van der Waals surface area contributed by atoms with Gasteiger partial charge >= 0.3 is 0 Å². The third-order valence-corrected chi connectivity index (χ3v) is 2.82. The number of nitrogens with zero attached hydrogens (tertiary/aromatic N) is 2. The Labute approximate surface area is 95.3 Å². The van der Waals surface area contributed by atoms with E-state index in [1.165, 1.54) is 0 Å². The third kappa shape index (κ3) is 1.86. The Morgan fingerprint density at radius 3 is 2.75 bits per heavy atom. The lowest BCUT2D eigenvalue weighted by molar-refractivity contribution is 0.283. The minimum Gasteiger partial charge on any atom is -0.392 e. The van der Waals surface area contributed by atoms with Crippen molar-refractivity contribution in [3.05, 3.63) is 35.9 Å². The lowest BCUT2D eigenvalue weighted by atomic mass is 10.1. The van der Waals surface area contributed by atoms with Crippen molar-refractivity contribution < 1.29 is 5.11 Å². The van der Waals surface area contributed by atoms with Gasteiger partial charge in [0.25, 0.3) is 0 Å². The van der Waals surface area contributed by atoms with Crippen molar-refractivity contribution in [2.75, 3.05) is 18.5 Å². The van der Waals surface area contributed by atoms with E-state index in [0.717, 1.165) is 28.8 Å². The van der Waals surface area contributed by atoms with E-state index in [-0.39, 0.29) is 6.61 Å². The largest absolute Gasteiger partial charge is 0.392 e. The van der Waals surface area contributed by atoms with Gasteiger partial charge < -0.3 is 10.0 Å². The van der Waals surface area contributed by atoms with E-state index >= 15 is 0 Å². The van der Waals surface area contributed by atoms with E-state index in [1.54, 1.807) is 0 Å². The molecule has 0 aliphatic rings. The van der Waals surface area contributed by atoms with Crippen molar-refractivity contribution in [3.8, 4) is 0 Å². The van der Waals surface area contributed by atoms with Gasteiger partial charge in [0, 0.05) is 19.0 Å². The molecule has 2 aromatic rings. The monoisotopic (exact) mass is 216 g/mol. The fourth-order valence-electron chi connectivity index (χ4n) is 1.72. The highest BCUT2D eigenvalue weighted by Gasteiger charge is 2.06. The molecule has 84 valence electrons. The van der Waals surface area contributed by atoms with Gasteiger partial charge in [-0.1, -0.05) is 18.2 Å². The van der Waals surface area contributed by atoms with Gasteiger partial charge in [0.2, 0.25) is 0 Å². The molecule has 1 N–H and O–H groups in total. The lowest BCUT2D eigenvalue weighted by Gasteiger charge is -2.17. The summed E-state index contributed by atoms with van der Waals surface area (Å²) in [4.78, 5) is 6.63. The maximum absolute atomic E-state index is 9.37. The first-order valence-electron chi connectivity index (χ1n) is 5.47. The molecule has 0 amide bonds. The van der Waals surface area contributed by atoms with Crippen LogP contribution in [0.15, 0.2) is 30.3 Å². The summed E-state index contributed by atoms with van der Waals surface area (Å²) in [6.07, 6.45) is 0. The molecular formula is C13H16N2O. The van der Waals surface area contributed by atoms with Crippen molar-refractivity contribution >= 4 is 16.7 Å². The number of fused-ring (bicyclic) bond motifs is 1. The summed E-state index contributed by atoms with van der Waals surface area (Å²) in [7, 11) is 2.00. The molecule has 1 aromatic carbocycles. The van der Waals surface area contributed by atoms with Crippen LogP contribution in [0.5, 0.6) is 0 Å². The SMILES string of the molecule is CCN(C)c1cc(CO)c2ccccc2n1. The van der Waals surface area contributed by atoms with Gasteiger partial charge in [-0.2, -0.15) is 0 Å². The molecule has 0 saturated carbocycles. The second-order valence-electron chi connectivity index (χ2n) is 3.83. The number of para-hydroxylation sites is 1. The summed E-state index contributed by atoms with van der Waals surface area (Å²) in [6.45, 7) is 3.03. The molecule has 0 atom stereocenters. The number of hydrogen-bond donors (Lipinski definition) is 1. The fraction of sp³-hybridized carbons (Fsp3) is 0.308. The molecule has 3 nitrogen and oxygen atoms in total. The number of hydrogen-bond acceptors (Lipinski definition) is 3. The molecule has 2 rings (SSSR count). The Morgan fingerprint density at radius 1 is 1.31 bits per heavy atom. The molecule has 3 heteroatoms. The van der Waals surface area contributed by atoms with Crippen LogP contribution in [-0.4, -0.2) is 23.7 Å². The normalized spacial score (nSPS) is 10.7. The van der Waals surface area contributed by atoms with Crippen LogP contribution in [0.25, 0.3) is 10.9 Å². The van der Waals surface area contributed by atoms with Crippen molar-refractivity contribution in [2.24, 2.45) is 0 Å². The Bertz CT molecular complexity index is 496. The van der Waals surface area contributed by atoms with Crippen LogP contribution < -0.4 is 4.90 Å². The molecule has 0 spiro atoms. The summed E-state index contributed by atoms with van der Waals surface area (Å²) < 4.78 is 0. The van der Waals surface area contributed by atoms with E-state index in [9.17, 15) is 5.11 Å². The average Bonchev–Trinajstić information content (AvgIpc) is 2.36. The zero-order valence-electron chi connectivity index (χ0n) is 9.64. The van der Waals surface area contributed by atoms with Crippen LogP contribution in [0.3, 0.4) is 0 Å². The van der Waals surface area contributed by atoms with Crippen molar-refractivity contribution in [2.45, 2.75) is 13.5 Å². The molecule has 0 aliphatic carbocycles. The standard InChI is InChI=1S/C13H16N2O/c1-3-15(2)13-8-10(9-16)11-6-4-5-7-12(11)14-13/h4-8,16H,3,9H2,1-2H3. The molecule has 0 aliphatic heterocycles. The van der Waals surface area contributed by atoms with Crippen LogP contribution in [0.1, 0.15) is 12.5 Å². The van der Waals surface area contributed by atoms with Crippen LogP contribution >= 0.6 is 0 Å². The van der Waals surface area contributed by atoms with E-state index in [4.69, 9.17) is 0 Å². The first-order chi connectivity index (χ1) is 7.76. The topological polar surface area (TPSA) is 36.4 Å². The van der Waals surface area contributed by atoms with Gasteiger partial charge in [0.15, 0.2) is 0 Å². The highest BCUT2D eigenvalue weighted by atomic mass is 16.3. The fourth-order valence-corrected chi connectivity index (χ4v) is 1.72. The minimum atomic E-state index is 0.0492. The molecule has 0 bridgehead atoms. The summed E-state index contributed by atoms with van der Waals surface area (Å²) in [6, 6.07) is 9.84. The van der Waals surface area contributed by atoms with E-state index in [2.05, 4.69) is 16.8 Å². The highest BCUT2D eigenvalue weighted by Crippen LogP contribution is 2.22. The number of pyridine rings is 1. The van der Waals surface area contributed by atoms with Crippen molar-refractivity contribution in [1.29, 1.82) is 0 Å². The van der Waals surface area contributed by atoms with Crippen molar-refractivity contribution in [1.82, 2.24) is 4.98 Å². The van der Waals surface area contributed by atoms with Crippen molar-refractivity contribution in [3.63, 3.8) is 0 Å². The highest BCUT2D eigenvalue weighted by molar-refractivity contribution is 5.84. The van der Waals surface area contributed by atoms with E-state index in [1.807, 2.05) is 37.4 Å². The Morgan fingerprint density at radius 2 is 2.06 bits per heavy atom. The maximum Gasteiger partial charge on any atom is 0.129 e. The van der Waals surface area contributed by atoms with Crippen LogP contribution in [0, 0.1) is 0 Å². The van der Waals surface area contributed by atoms with Gasteiger partial charge in [-0.3, -0.25) is 0 Å². The van der Waals surface area contributed by atoms with Gasteiger partial charge in [-0.05, 0) is 24.6 Å². The van der Waals surface area contributed by atoms with Gasteiger partial charge in [-0.15, -0.1) is 0 Å². The minimum absolute atomic E-state index is 0.0492. The maximum atomic E-state index is 9.37. The third-order valence-electron chi connectivity index (χ3n) is 2.82. The molecular weight excluding hydrogens is 200 g/mol. The summed E-state index contributed by atoms with van der Waals surface area (Å²) in [5, 5.41) is 10.4. The van der Waals surface area contributed by atoms with Gasteiger partial charge in [-0.25, -0.2) is 4.98 Å². The summed E-state index contributed by atoms with van der Waals surface area (Å²) >= 11 is 0.